The summed E-state index contributed by atoms with van der Waals surface area (Å²) >= 11 is 2.68. The van der Waals surface area contributed by atoms with Gasteiger partial charge in [-0.1, -0.05) is 0 Å². The molecule has 7 heavy (non-hydrogen) atoms. The molecule has 0 unspecified atom stereocenters. The van der Waals surface area contributed by atoms with E-state index in [1.807, 2.05) is 0 Å². The van der Waals surface area contributed by atoms with E-state index >= 15 is 0 Å². The van der Waals surface area contributed by atoms with Crippen LogP contribution in [0, 0.1) is 0 Å². The Morgan fingerprint density at radius 1 is 2.00 bits per heavy atom. The maximum atomic E-state index is 10.2. The van der Waals surface area contributed by atoms with E-state index in [0.717, 1.165) is 0 Å². The first-order valence-electron chi connectivity index (χ1n) is 2.02. The molecule has 0 aromatic heterocycles. The van der Waals surface area contributed by atoms with Crippen molar-refractivity contribution in [1.82, 2.24) is 0 Å². The van der Waals surface area contributed by atoms with E-state index in [2.05, 4.69) is 16.0 Å². The van der Waals surface area contributed by atoms with Gasteiger partial charge in [0, 0.05) is 0 Å². The van der Waals surface area contributed by atoms with Gasteiger partial charge in [-0.15, -0.1) is 0 Å². The quantitative estimate of drug-likeness (QED) is 0.560. The number of Topliss-reactive ketones (excluding diaryl/α,β-unsaturated/α-hetero) is 1. The first-order chi connectivity index (χ1) is 3.18. The summed E-state index contributed by atoms with van der Waals surface area (Å²) in [5.74, 6) is 0.0405. The number of hydrogen-bond donors (Lipinski definition) is 1. The molecule has 41 valence electrons. The summed E-state index contributed by atoms with van der Waals surface area (Å²) in [6.07, 6.45) is 0. The van der Waals surface area contributed by atoms with Gasteiger partial charge in [0.15, 0.2) is 0 Å². The van der Waals surface area contributed by atoms with Crippen molar-refractivity contribution in [2.45, 2.75) is 18.3 Å². The molecule has 0 aliphatic heterocycles. The monoisotopic (exact) mass is 166 g/mol. The molecular formula is C4H8NOSe. The van der Waals surface area contributed by atoms with E-state index in [1.54, 1.807) is 0 Å². The van der Waals surface area contributed by atoms with Crippen molar-refractivity contribution < 1.29 is 4.79 Å². The first-order valence-corrected chi connectivity index (χ1v) is 3.23. The second kappa shape index (κ2) is 3.19. The van der Waals surface area contributed by atoms with Gasteiger partial charge in [0.05, 0.1) is 0 Å². The fraction of sp³-hybridized carbons (Fsp3) is 0.750. The Hall–Kier alpha value is 0.149. The van der Waals surface area contributed by atoms with Crippen LogP contribution in [0.2, 0.25) is 5.32 Å². The molecule has 0 amide bonds. The molecule has 0 aromatic rings. The van der Waals surface area contributed by atoms with Crippen LogP contribution in [-0.4, -0.2) is 27.8 Å². The second-order valence-corrected chi connectivity index (χ2v) is 2.08. The predicted octanol–water partition coefficient (Wildman–Crippen LogP) is -0.511. The van der Waals surface area contributed by atoms with Gasteiger partial charge in [0.2, 0.25) is 0 Å². The zero-order valence-corrected chi connectivity index (χ0v) is 5.89. The van der Waals surface area contributed by atoms with E-state index in [0.29, 0.717) is 5.32 Å². The van der Waals surface area contributed by atoms with Crippen LogP contribution in [0.15, 0.2) is 0 Å². The summed E-state index contributed by atoms with van der Waals surface area (Å²) < 4.78 is 0. The molecule has 1 atom stereocenters. The van der Waals surface area contributed by atoms with Crippen molar-refractivity contribution in [2.75, 3.05) is 0 Å². The van der Waals surface area contributed by atoms with Crippen LogP contribution in [0.4, 0.5) is 0 Å². The van der Waals surface area contributed by atoms with Gasteiger partial charge in [-0.3, -0.25) is 0 Å². The summed E-state index contributed by atoms with van der Waals surface area (Å²) in [6, 6.07) is -0.292. The number of rotatable bonds is 2. The Morgan fingerprint density at radius 3 is 2.43 bits per heavy atom. The third-order valence-corrected chi connectivity index (χ3v) is 1.46. The maximum absolute atomic E-state index is 10.2. The molecule has 0 rings (SSSR count). The summed E-state index contributed by atoms with van der Waals surface area (Å²) in [7, 11) is 0. The Kier molecular flexibility index (Phi) is 3.26. The number of carbonyl (C=O) groups excluding carboxylic acids is 1. The Balaban J connectivity index is 3.34. The van der Waals surface area contributed by atoms with Crippen LogP contribution in [0.3, 0.4) is 0 Å². The molecule has 2 N–H and O–H groups in total. The van der Waals surface area contributed by atoms with E-state index in [-0.39, 0.29) is 11.8 Å². The predicted molar refractivity (Wildman–Crippen MR) is 29.2 cm³/mol. The van der Waals surface area contributed by atoms with E-state index < -0.39 is 0 Å². The van der Waals surface area contributed by atoms with Crippen molar-refractivity contribution in [2.24, 2.45) is 5.73 Å². The van der Waals surface area contributed by atoms with Gasteiger partial charge in [0.1, 0.15) is 0 Å². The van der Waals surface area contributed by atoms with Gasteiger partial charge in [0.25, 0.3) is 0 Å². The van der Waals surface area contributed by atoms with Crippen LogP contribution >= 0.6 is 0 Å². The minimum atomic E-state index is -0.292. The SMILES string of the molecule is CC(=O)[C@@H](N)C[Se]. The summed E-state index contributed by atoms with van der Waals surface area (Å²) in [6.45, 7) is 1.49. The molecular weight excluding hydrogens is 157 g/mol. The number of nitrogens with two attached hydrogens (primary N) is 1. The minimum absolute atomic E-state index is 0.0405. The topological polar surface area (TPSA) is 43.1 Å². The van der Waals surface area contributed by atoms with E-state index in [9.17, 15) is 4.79 Å². The standard InChI is InChI=1S/C4H8NOSe/c1-3(6)4(5)2-7/h4H,2,5H2,1H3/t4-/m0/s1. The molecule has 0 aliphatic carbocycles. The molecule has 0 aromatic carbocycles. The van der Waals surface area contributed by atoms with E-state index in [4.69, 9.17) is 5.73 Å². The van der Waals surface area contributed by atoms with Gasteiger partial charge in [-0.2, -0.15) is 0 Å². The van der Waals surface area contributed by atoms with Gasteiger partial charge in [-0.25, -0.2) is 0 Å². The number of hydrogen-bond acceptors (Lipinski definition) is 2. The van der Waals surface area contributed by atoms with Crippen LogP contribution in [-0.2, 0) is 4.79 Å². The molecule has 1 radical (unpaired) electrons. The van der Waals surface area contributed by atoms with Gasteiger partial charge < -0.3 is 0 Å². The zero-order chi connectivity index (χ0) is 5.86. The molecule has 0 saturated carbocycles. The first kappa shape index (κ1) is 7.15. The van der Waals surface area contributed by atoms with Gasteiger partial charge in [-0.05, 0) is 0 Å². The van der Waals surface area contributed by atoms with Crippen LogP contribution in [0.25, 0.3) is 0 Å². The zero-order valence-electron chi connectivity index (χ0n) is 4.18. The summed E-state index contributed by atoms with van der Waals surface area (Å²) in [5, 5.41) is 0.620. The normalized spacial score (nSPS) is 13.6. The molecule has 0 saturated heterocycles. The Morgan fingerprint density at radius 2 is 2.43 bits per heavy atom. The molecule has 0 heterocycles. The average molecular weight is 165 g/mol. The van der Waals surface area contributed by atoms with Crippen LogP contribution in [0.1, 0.15) is 6.92 Å². The van der Waals surface area contributed by atoms with E-state index in [1.165, 1.54) is 6.92 Å². The van der Waals surface area contributed by atoms with Crippen LogP contribution < -0.4 is 5.73 Å². The summed E-state index contributed by atoms with van der Waals surface area (Å²) in [4.78, 5) is 10.2. The molecule has 0 bridgehead atoms. The number of carbonyl (C=O) groups is 1. The second-order valence-electron chi connectivity index (χ2n) is 1.38. The molecule has 0 aliphatic rings. The summed E-state index contributed by atoms with van der Waals surface area (Å²) in [5.41, 5.74) is 5.23. The van der Waals surface area contributed by atoms with Gasteiger partial charge >= 0.3 is 50.6 Å². The third-order valence-electron chi connectivity index (χ3n) is 0.702. The number of ketones is 1. The van der Waals surface area contributed by atoms with Crippen molar-refractivity contribution in [3.05, 3.63) is 0 Å². The fourth-order valence-electron chi connectivity index (χ4n) is 0.117. The van der Waals surface area contributed by atoms with Crippen LogP contribution in [0.5, 0.6) is 0 Å². The van der Waals surface area contributed by atoms with Crippen molar-refractivity contribution in [3.8, 4) is 0 Å². The van der Waals surface area contributed by atoms with Crippen molar-refractivity contribution >= 4 is 21.8 Å². The third kappa shape index (κ3) is 2.80. The Labute approximate surface area is 51.3 Å². The molecule has 0 spiro atoms. The Bertz CT molecular complexity index is 74.1. The average Bonchev–Trinajstić information content (AvgIpc) is 1.65. The van der Waals surface area contributed by atoms with Crippen molar-refractivity contribution in [3.63, 3.8) is 0 Å². The molecule has 2 nitrogen and oxygen atoms in total. The van der Waals surface area contributed by atoms with Crippen molar-refractivity contribution in [1.29, 1.82) is 0 Å². The molecule has 0 fully saturated rings. The molecule has 3 heteroatoms. The fourth-order valence-corrected chi connectivity index (χ4v) is 0.610.